The molecule has 0 saturated carbocycles. The van der Waals surface area contributed by atoms with Crippen LogP contribution in [0, 0.1) is 0 Å². The molecular formula is C13H14N2. The number of pyridine rings is 1. The summed E-state index contributed by atoms with van der Waals surface area (Å²) in [6, 6.07) is 8.14. The molecule has 0 radical (unpaired) electrons. The molecule has 1 aromatic carbocycles. The molecule has 0 fully saturated rings. The molecule has 1 atom stereocenters. The molecule has 1 heterocycles. The van der Waals surface area contributed by atoms with Gasteiger partial charge < -0.3 is 5.73 Å². The summed E-state index contributed by atoms with van der Waals surface area (Å²) in [6.45, 7) is 3.71. The molecule has 2 nitrogen and oxygen atoms in total. The second-order valence-electron chi connectivity index (χ2n) is 3.58. The molecule has 0 aliphatic carbocycles. The Morgan fingerprint density at radius 1 is 1.33 bits per heavy atom. The van der Waals surface area contributed by atoms with Gasteiger partial charge in [-0.3, -0.25) is 4.98 Å². The molecule has 0 aliphatic rings. The Bertz CT molecular complexity index is 471. The van der Waals surface area contributed by atoms with E-state index < -0.39 is 0 Å². The quantitative estimate of drug-likeness (QED) is 0.770. The minimum Gasteiger partial charge on any atom is -0.324 e. The molecule has 0 bridgehead atoms. The van der Waals surface area contributed by atoms with Crippen LogP contribution < -0.4 is 5.73 Å². The van der Waals surface area contributed by atoms with Crippen molar-refractivity contribution in [2.75, 3.05) is 0 Å². The van der Waals surface area contributed by atoms with Crippen molar-refractivity contribution in [3.05, 3.63) is 54.9 Å². The summed E-state index contributed by atoms with van der Waals surface area (Å²) in [5, 5.41) is 2.32. The average molecular weight is 198 g/mol. The number of aromatic nitrogens is 1. The van der Waals surface area contributed by atoms with Gasteiger partial charge in [0.2, 0.25) is 0 Å². The molecule has 15 heavy (non-hydrogen) atoms. The third-order valence-corrected chi connectivity index (χ3v) is 2.52. The van der Waals surface area contributed by atoms with Gasteiger partial charge in [0.25, 0.3) is 0 Å². The van der Waals surface area contributed by atoms with Gasteiger partial charge in [-0.25, -0.2) is 0 Å². The lowest BCUT2D eigenvalue weighted by Crippen LogP contribution is -2.09. The number of fused-ring (bicyclic) bond motifs is 1. The highest BCUT2D eigenvalue weighted by atomic mass is 14.7. The van der Waals surface area contributed by atoms with Crippen LogP contribution in [0.25, 0.3) is 10.8 Å². The van der Waals surface area contributed by atoms with Crippen molar-refractivity contribution in [1.29, 1.82) is 0 Å². The van der Waals surface area contributed by atoms with Gasteiger partial charge in [-0.1, -0.05) is 30.3 Å². The van der Waals surface area contributed by atoms with E-state index in [-0.39, 0.29) is 6.04 Å². The predicted molar refractivity (Wildman–Crippen MR) is 63.5 cm³/mol. The zero-order valence-corrected chi connectivity index (χ0v) is 8.56. The van der Waals surface area contributed by atoms with E-state index >= 15 is 0 Å². The number of benzene rings is 1. The van der Waals surface area contributed by atoms with E-state index in [1.54, 1.807) is 0 Å². The molecule has 0 saturated heterocycles. The topological polar surface area (TPSA) is 38.9 Å². The summed E-state index contributed by atoms with van der Waals surface area (Å²) >= 11 is 0. The summed E-state index contributed by atoms with van der Waals surface area (Å²) < 4.78 is 0. The zero-order valence-electron chi connectivity index (χ0n) is 8.56. The Kier molecular flexibility index (Phi) is 2.79. The molecule has 0 spiro atoms. The van der Waals surface area contributed by atoms with Crippen molar-refractivity contribution >= 4 is 10.8 Å². The van der Waals surface area contributed by atoms with Crippen molar-refractivity contribution in [2.45, 2.75) is 12.5 Å². The fourth-order valence-electron chi connectivity index (χ4n) is 1.74. The third-order valence-electron chi connectivity index (χ3n) is 2.52. The van der Waals surface area contributed by atoms with E-state index in [4.69, 9.17) is 5.73 Å². The van der Waals surface area contributed by atoms with Gasteiger partial charge in [0, 0.05) is 23.8 Å². The first kappa shape index (κ1) is 9.87. The number of nitrogens with zero attached hydrogens (tertiary/aromatic N) is 1. The predicted octanol–water partition coefficient (Wildman–Crippen LogP) is 2.81. The zero-order chi connectivity index (χ0) is 10.7. The summed E-state index contributed by atoms with van der Waals surface area (Å²) in [5.41, 5.74) is 7.15. The van der Waals surface area contributed by atoms with E-state index in [1.165, 1.54) is 5.39 Å². The summed E-state index contributed by atoms with van der Waals surface area (Å²) in [5.74, 6) is 0. The normalized spacial score (nSPS) is 12.6. The highest BCUT2D eigenvalue weighted by Gasteiger charge is 2.07. The van der Waals surface area contributed by atoms with E-state index in [2.05, 4.69) is 17.6 Å². The van der Waals surface area contributed by atoms with Crippen molar-refractivity contribution in [3.63, 3.8) is 0 Å². The van der Waals surface area contributed by atoms with Crippen molar-refractivity contribution in [3.8, 4) is 0 Å². The smallest absolute Gasteiger partial charge is 0.0351 e. The van der Waals surface area contributed by atoms with Gasteiger partial charge in [-0.2, -0.15) is 0 Å². The molecule has 2 aromatic rings. The van der Waals surface area contributed by atoms with Crippen LogP contribution in [0.2, 0.25) is 0 Å². The maximum absolute atomic E-state index is 6.06. The van der Waals surface area contributed by atoms with E-state index in [0.29, 0.717) is 0 Å². The summed E-state index contributed by atoms with van der Waals surface area (Å²) in [6.07, 6.45) is 6.32. The van der Waals surface area contributed by atoms with Crippen LogP contribution in [0.4, 0.5) is 0 Å². The molecule has 0 aliphatic heterocycles. The molecule has 0 amide bonds. The maximum atomic E-state index is 6.06. The maximum Gasteiger partial charge on any atom is 0.0351 e. The van der Waals surface area contributed by atoms with Gasteiger partial charge in [0.15, 0.2) is 0 Å². The van der Waals surface area contributed by atoms with Crippen LogP contribution in [0.5, 0.6) is 0 Å². The fraction of sp³-hybridized carbons (Fsp3) is 0.154. The van der Waals surface area contributed by atoms with Crippen LogP contribution in [-0.4, -0.2) is 4.98 Å². The van der Waals surface area contributed by atoms with Gasteiger partial charge in [0.05, 0.1) is 0 Å². The average Bonchev–Trinajstić information content (AvgIpc) is 2.28. The lowest BCUT2D eigenvalue weighted by molar-refractivity contribution is 0.744. The van der Waals surface area contributed by atoms with Gasteiger partial charge in [-0.05, 0) is 17.4 Å². The Balaban J connectivity index is 2.55. The first-order chi connectivity index (χ1) is 7.33. The number of hydrogen-bond acceptors (Lipinski definition) is 2. The van der Waals surface area contributed by atoms with Crippen LogP contribution >= 0.6 is 0 Å². The first-order valence-corrected chi connectivity index (χ1v) is 5.02. The van der Waals surface area contributed by atoms with Crippen LogP contribution in [0.15, 0.2) is 49.3 Å². The second-order valence-corrected chi connectivity index (χ2v) is 3.58. The molecular weight excluding hydrogens is 184 g/mol. The van der Waals surface area contributed by atoms with E-state index in [0.717, 1.165) is 17.4 Å². The van der Waals surface area contributed by atoms with Crippen molar-refractivity contribution in [1.82, 2.24) is 4.98 Å². The summed E-state index contributed by atoms with van der Waals surface area (Å²) in [4.78, 5) is 4.20. The van der Waals surface area contributed by atoms with E-state index in [1.807, 2.05) is 36.7 Å². The molecule has 2 rings (SSSR count). The molecule has 2 N–H and O–H groups in total. The van der Waals surface area contributed by atoms with Crippen LogP contribution in [0.3, 0.4) is 0 Å². The van der Waals surface area contributed by atoms with Gasteiger partial charge in [0.1, 0.15) is 0 Å². The SMILES string of the molecule is C=CCC(N)c1cncc2ccccc12. The molecule has 1 aromatic heterocycles. The largest absolute Gasteiger partial charge is 0.324 e. The molecule has 1 unspecified atom stereocenters. The summed E-state index contributed by atoms with van der Waals surface area (Å²) in [7, 11) is 0. The standard InChI is InChI=1S/C13H14N2/c1-2-5-13(14)12-9-15-8-10-6-3-4-7-11(10)12/h2-4,6-9,13H,1,5,14H2. The number of hydrogen-bond donors (Lipinski definition) is 1. The lowest BCUT2D eigenvalue weighted by atomic mass is 10.0. The van der Waals surface area contributed by atoms with E-state index in [9.17, 15) is 0 Å². The lowest BCUT2D eigenvalue weighted by Gasteiger charge is -2.11. The number of rotatable bonds is 3. The second kappa shape index (κ2) is 4.24. The van der Waals surface area contributed by atoms with Crippen LogP contribution in [-0.2, 0) is 0 Å². The van der Waals surface area contributed by atoms with Gasteiger partial charge >= 0.3 is 0 Å². The van der Waals surface area contributed by atoms with Crippen molar-refractivity contribution < 1.29 is 0 Å². The highest BCUT2D eigenvalue weighted by molar-refractivity contribution is 5.85. The molecule has 76 valence electrons. The first-order valence-electron chi connectivity index (χ1n) is 5.02. The monoisotopic (exact) mass is 198 g/mol. The van der Waals surface area contributed by atoms with Gasteiger partial charge in [-0.15, -0.1) is 6.58 Å². The molecule has 2 heteroatoms. The van der Waals surface area contributed by atoms with Crippen molar-refractivity contribution in [2.24, 2.45) is 5.73 Å². The number of nitrogens with two attached hydrogens (primary N) is 1. The Labute approximate surface area is 89.4 Å². The third kappa shape index (κ3) is 1.90. The highest BCUT2D eigenvalue weighted by Crippen LogP contribution is 2.23. The minimum absolute atomic E-state index is 0.0129. The Hall–Kier alpha value is -1.67. The Morgan fingerprint density at radius 2 is 2.13 bits per heavy atom. The van der Waals surface area contributed by atoms with Crippen LogP contribution in [0.1, 0.15) is 18.0 Å². The minimum atomic E-state index is -0.0129. The Morgan fingerprint density at radius 3 is 2.93 bits per heavy atom. The fourth-order valence-corrected chi connectivity index (χ4v) is 1.74.